The summed E-state index contributed by atoms with van der Waals surface area (Å²) in [6.45, 7) is 4.58. The van der Waals surface area contributed by atoms with Crippen LogP contribution >= 0.6 is 22.7 Å². The smallest absolute Gasteiger partial charge is 0.351 e. The molecule has 0 fully saturated rings. The maximum absolute atomic E-state index is 11.8. The molecule has 0 unspecified atom stereocenters. The van der Waals surface area contributed by atoms with Crippen LogP contribution in [0.4, 0.5) is 10.0 Å². The summed E-state index contributed by atoms with van der Waals surface area (Å²) in [7, 11) is 4.22. The van der Waals surface area contributed by atoms with Crippen molar-refractivity contribution in [2.45, 2.75) is 20.4 Å². The molecule has 0 radical (unpaired) electrons. The number of carboxylic acids is 1. The Morgan fingerprint density at radius 1 is 0.735 bits per heavy atom. The molecule has 0 spiro atoms. The normalized spacial score (nSPS) is 10.3. The van der Waals surface area contributed by atoms with Gasteiger partial charge in [0.05, 0.1) is 39.2 Å². The van der Waals surface area contributed by atoms with E-state index < -0.39 is 29.2 Å². The Labute approximate surface area is 287 Å². The quantitative estimate of drug-likeness (QED) is 0.146. The van der Waals surface area contributed by atoms with Crippen LogP contribution in [-0.4, -0.2) is 44.3 Å². The second-order valence-corrected chi connectivity index (χ2v) is 12.5. The van der Waals surface area contributed by atoms with E-state index in [1.54, 1.807) is 37.4 Å². The summed E-state index contributed by atoms with van der Waals surface area (Å²) in [4.78, 5) is 56.4. The molecule has 0 aliphatic rings. The molecule has 14 heteroatoms. The molecule has 0 aliphatic carbocycles. The molecule has 4 heterocycles. The number of anilines is 2. The molecule has 254 valence electrons. The number of esters is 2. The lowest BCUT2D eigenvalue weighted by Gasteiger charge is -2.04. The molecule has 0 bridgehead atoms. The molecule has 0 amide bonds. The first kappa shape index (κ1) is 36.1. The lowest BCUT2D eigenvalue weighted by molar-refractivity contribution is 0.0587. The van der Waals surface area contributed by atoms with Crippen LogP contribution in [0.25, 0.3) is 20.6 Å². The summed E-state index contributed by atoms with van der Waals surface area (Å²) < 4.78 is 20.7. The Hall–Kier alpha value is -5.73. The second-order valence-electron chi connectivity index (χ2n) is 10.3. The van der Waals surface area contributed by atoms with Gasteiger partial charge in [0.25, 0.3) is 0 Å². The van der Waals surface area contributed by atoms with E-state index in [9.17, 15) is 24.0 Å². The molecule has 49 heavy (non-hydrogen) atoms. The van der Waals surface area contributed by atoms with Crippen molar-refractivity contribution in [3.8, 4) is 0 Å². The average Bonchev–Trinajstić information content (AvgIpc) is 3.69. The van der Waals surface area contributed by atoms with Gasteiger partial charge >= 0.3 is 29.2 Å². The maximum atomic E-state index is 11.8. The molecule has 6 aromatic rings. The summed E-state index contributed by atoms with van der Waals surface area (Å²) in [5.41, 5.74) is 3.07. The predicted molar refractivity (Wildman–Crippen MR) is 190 cm³/mol. The van der Waals surface area contributed by atoms with Gasteiger partial charge in [0.15, 0.2) is 11.2 Å². The fourth-order valence-electron chi connectivity index (χ4n) is 4.33. The van der Waals surface area contributed by atoms with E-state index in [0.29, 0.717) is 23.3 Å². The minimum absolute atomic E-state index is 0.0838. The third-order valence-corrected chi connectivity index (χ3v) is 8.82. The third kappa shape index (κ3) is 9.43. The lowest BCUT2D eigenvalue weighted by atomic mass is 10.1. The third-order valence-electron chi connectivity index (χ3n) is 6.72. The van der Waals surface area contributed by atoms with Gasteiger partial charge in [0.2, 0.25) is 0 Å². The van der Waals surface area contributed by atoms with Crippen molar-refractivity contribution in [3.63, 3.8) is 0 Å². The molecule has 2 aromatic carbocycles. The first-order chi connectivity index (χ1) is 23.4. The molecular weight excluding hydrogens is 673 g/mol. The summed E-state index contributed by atoms with van der Waals surface area (Å²) in [6.07, 6.45) is 0. The van der Waals surface area contributed by atoms with Crippen LogP contribution in [0, 0.1) is 13.8 Å². The molecule has 0 saturated carbocycles. The number of nitrogens with one attached hydrogen (secondary N) is 2. The van der Waals surface area contributed by atoms with Crippen LogP contribution in [0.1, 0.15) is 47.8 Å². The van der Waals surface area contributed by atoms with Crippen molar-refractivity contribution >= 4 is 71.1 Å². The van der Waals surface area contributed by atoms with Crippen LogP contribution in [0.3, 0.4) is 0 Å². The van der Waals surface area contributed by atoms with Crippen LogP contribution in [0.2, 0.25) is 0 Å². The van der Waals surface area contributed by atoms with Gasteiger partial charge in [-0.2, -0.15) is 0 Å². The number of hydrogen-bond acceptors (Lipinski definition) is 13. The largest absolute Gasteiger partial charge is 0.478 e. The highest BCUT2D eigenvalue weighted by Gasteiger charge is 2.17. The molecule has 3 N–H and O–H groups in total. The van der Waals surface area contributed by atoms with E-state index in [1.807, 2.05) is 38.1 Å². The van der Waals surface area contributed by atoms with Gasteiger partial charge in [0.1, 0.15) is 11.1 Å². The van der Waals surface area contributed by atoms with Gasteiger partial charge in [0, 0.05) is 25.7 Å². The SMILES string of the molecule is CNc1cc2oc(=O)c(C(=O)OC)cc2s1.COC(=O)c1cc2sc(NCc3cccc(C)c3)cc2oc1=O.Cc1cccc(C(=O)O)c1. The number of carbonyl (C=O) groups excluding carboxylic acids is 2. The number of fused-ring (bicyclic) bond motifs is 2. The Kier molecular flexibility index (Phi) is 12.1. The van der Waals surface area contributed by atoms with E-state index >= 15 is 0 Å². The summed E-state index contributed by atoms with van der Waals surface area (Å²) >= 11 is 2.82. The van der Waals surface area contributed by atoms with Crippen molar-refractivity contribution in [1.29, 1.82) is 0 Å². The number of carboxylic acid groups (broad SMARTS) is 1. The highest BCUT2D eigenvalue weighted by molar-refractivity contribution is 7.23. The zero-order valence-electron chi connectivity index (χ0n) is 27.1. The van der Waals surface area contributed by atoms with Gasteiger partial charge in [-0.25, -0.2) is 24.0 Å². The standard InChI is InChI=1S/C17H15NO4S.C10H9NO4S.C8H8O2/c1-10-4-3-5-11(6-10)9-18-15-8-13-14(23-15)7-12(16(19)21-2)17(20)22-13;1-11-8-4-6-7(16-8)3-5(9(12)14-2)10(13)15-6;1-6-3-2-4-7(5-6)8(9)10/h3-8,18H,9H2,1-2H3;3-4,11H,1-2H3;2-5H,1H3,(H,9,10). The van der Waals surface area contributed by atoms with Crippen molar-refractivity contribution < 1.29 is 37.8 Å². The monoisotopic (exact) mass is 704 g/mol. The van der Waals surface area contributed by atoms with E-state index in [2.05, 4.69) is 26.2 Å². The van der Waals surface area contributed by atoms with Gasteiger partial charge in [-0.1, -0.05) is 47.5 Å². The second kappa shape index (κ2) is 16.4. The zero-order valence-corrected chi connectivity index (χ0v) is 28.7. The van der Waals surface area contributed by atoms with E-state index in [1.165, 1.54) is 60.2 Å². The fraction of sp³-hybridized carbons (Fsp3) is 0.171. The number of hydrogen-bond donors (Lipinski definition) is 3. The summed E-state index contributed by atoms with van der Waals surface area (Å²) in [5, 5.41) is 16.5. The maximum Gasteiger partial charge on any atom is 0.351 e. The highest BCUT2D eigenvalue weighted by atomic mass is 32.1. The van der Waals surface area contributed by atoms with Crippen LogP contribution < -0.4 is 21.9 Å². The van der Waals surface area contributed by atoms with E-state index in [-0.39, 0.29) is 11.1 Å². The van der Waals surface area contributed by atoms with Crippen molar-refractivity contribution in [2.75, 3.05) is 31.9 Å². The summed E-state index contributed by atoms with van der Waals surface area (Å²) in [5.74, 6) is -2.25. The van der Waals surface area contributed by atoms with Gasteiger partial charge < -0.3 is 34.0 Å². The zero-order chi connectivity index (χ0) is 35.7. The topological polar surface area (TPSA) is 174 Å². The Morgan fingerprint density at radius 3 is 1.71 bits per heavy atom. The molecule has 4 aromatic heterocycles. The number of ether oxygens (including phenoxy) is 2. The lowest BCUT2D eigenvalue weighted by Crippen LogP contribution is -2.14. The van der Waals surface area contributed by atoms with Crippen molar-refractivity contribution in [3.05, 3.63) is 127 Å². The van der Waals surface area contributed by atoms with Crippen molar-refractivity contribution in [1.82, 2.24) is 0 Å². The van der Waals surface area contributed by atoms with Crippen LogP contribution in [0.5, 0.6) is 0 Å². The molecule has 12 nitrogen and oxygen atoms in total. The van der Waals surface area contributed by atoms with Gasteiger partial charge in [-0.05, 0) is 43.7 Å². The number of aryl methyl sites for hydroxylation is 2. The van der Waals surface area contributed by atoms with Crippen molar-refractivity contribution in [2.24, 2.45) is 0 Å². The molecule has 6 rings (SSSR count). The van der Waals surface area contributed by atoms with Crippen LogP contribution in [-0.2, 0) is 16.0 Å². The minimum Gasteiger partial charge on any atom is -0.478 e. The predicted octanol–water partition coefficient (Wildman–Crippen LogP) is 6.94. The van der Waals surface area contributed by atoms with Crippen LogP contribution in [0.15, 0.2) is 91.2 Å². The number of benzene rings is 2. The first-order valence-corrected chi connectivity index (χ1v) is 16.1. The number of methoxy groups -OCH3 is 2. The number of aromatic carboxylic acids is 1. The summed E-state index contributed by atoms with van der Waals surface area (Å²) in [6, 6.07) is 21.5. The Balaban J connectivity index is 0.000000180. The molecular formula is C35H32N2O10S2. The Morgan fingerprint density at radius 2 is 1.24 bits per heavy atom. The molecule has 0 saturated heterocycles. The highest BCUT2D eigenvalue weighted by Crippen LogP contribution is 2.30. The van der Waals surface area contributed by atoms with Gasteiger partial charge in [-0.15, -0.1) is 22.7 Å². The minimum atomic E-state index is -0.872. The fourth-order valence-corrected chi connectivity index (χ4v) is 6.14. The van der Waals surface area contributed by atoms with E-state index in [4.69, 9.17) is 13.9 Å². The number of thiophene rings is 2. The number of carbonyl (C=O) groups is 3. The molecule has 0 aliphatic heterocycles. The number of rotatable bonds is 7. The average molecular weight is 705 g/mol. The Bertz CT molecular complexity index is 2250. The van der Waals surface area contributed by atoms with E-state index in [0.717, 1.165) is 25.0 Å². The molecule has 0 atom stereocenters. The first-order valence-electron chi connectivity index (χ1n) is 14.5. The van der Waals surface area contributed by atoms with Gasteiger partial charge in [-0.3, -0.25) is 0 Å².